The molecule has 0 saturated carbocycles. The quantitative estimate of drug-likeness (QED) is 0.369. The molecular formula is C19H28IN5O2. The SMILES string of the molecule is CN=C(NCCc1nc(C)no1)N1CCC(COCc2ccccc2)C1.I. The smallest absolute Gasteiger partial charge is 0.228 e. The Morgan fingerprint density at radius 3 is 2.89 bits per heavy atom. The number of guanidine groups is 1. The molecule has 27 heavy (non-hydrogen) atoms. The lowest BCUT2D eigenvalue weighted by Crippen LogP contribution is -2.41. The summed E-state index contributed by atoms with van der Waals surface area (Å²) in [5, 5.41) is 7.18. The highest BCUT2D eigenvalue weighted by atomic mass is 127. The van der Waals surface area contributed by atoms with Gasteiger partial charge in [0.25, 0.3) is 0 Å². The molecule has 1 aromatic heterocycles. The van der Waals surface area contributed by atoms with Gasteiger partial charge in [0.1, 0.15) is 0 Å². The molecule has 0 bridgehead atoms. The van der Waals surface area contributed by atoms with Gasteiger partial charge in [-0.1, -0.05) is 35.5 Å². The van der Waals surface area contributed by atoms with Crippen LogP contribution < -0.4 is 5.32 Å². The number of halogens is 1. The molecule has 7 nitrogen and oxygen atoms in total. The summed E-state index contributed by atoms with van der Waals surface area (Å²) >= 11 is 0. The molecule has 2 heterocycles. The Balaban J connectivity index is 0.00000261. The van der Waals surface area contributed by atoms with E-state index in [0.29, 0.717) is 30.7 Å². The predicted molar refractivity (Wildman–Crippen MR) is 115 cm³/mol. The highest BCUT2D eigenvalue weighted by Crippen LogP contribution is 2.17. The molecule has 1 atom stereocenters. The van der Waals surface area contributed by atoms with Gasteiger partial charge in [0.05, 0.1) is 13.2 Å². The second kappa shape index (κ2) is 11.2. The van der Waals surface area contributed by atoms with Gasteiger partial charge >= 0.3 is 0 Å². The van der Waals surface area contributed by atoms with Gasteiger partial charge in [0.15, 0.2) is 11.8 Å². The molecule has 1 aliphatic heterocycles. The average molecular weight is 485 g/mol. The largest absolute Gasteiger partial charge is 0.376 e. The Hall–Kier alpha value is -1.68. The lowest BCUT2D eigenvalue weighted by Gasteiger charge is -2.21. The van der Waals surface area contributed by atoms with Crippen molar-refractivity contribution in [3.63, 3.8) is 0 Å². The summed E-state index contributed by atoms with van der Waals surface area (Å²) in [6, 6.07) is 10.3. The number of aryl methyl sites for hydroxylation is 1. The minimum Gasteiger partial charge on any atom is -0.376 e. The van der Waals surface area contributed by atoms with Crippen molar-refractivity contribution in [3.8, 4) is 0 Å². The summed E-state index contributed by atoms with van der Waals surface area (Å²) in [7, 11) is 1.82. The van der Waals surface area contributed by atoms with Crippen LogP contribution in [0.15, 0.2) is 39.8 Å². The maximum atomic E-state index is 5.89. The third kappa shape index (κ3) is 6.76. The van der Waals surface area contributed by atoms with E-state index in [4.69, 9.17) is 9.26 Å². The molecule has 1 N–H and O–H groups in total. The molecule has 0 amide bonds. The van der Waals surface area contributed by atoms with E-state index in [2.05, 4.69) is 37.5 Å². The molecular weight excluding hydrogens is 457 g/mol. The fourth-order valence-electron chi connectivity index (χ4n) is 3.13. The minimum atomic E-state index is 0. The predicted octanol–water partition coefficient (Wildman–Crippen LogP) is 2.65. The number of ether oxygens (including phenoxy) is 1. The van der Waals surface area contributed by atoms with E-state index in [-0.39, 0.29) is 24.0 Å². The van der Waals surface area contributed by atoms with E-state index >= 15 is 0 Å². The van der Waals surface area contributed by atoms with Gasteiger partial charge in [-0.15, -0.1) is 24.0 Å². The maximum Gasteiger partial charge on any atom is 0.228 e. The van der Waals surface area contributed by atoms with Gasteiger partial charge in [0.2, 0.25) is 5.89 Å². The van der Waals surface area contributed by atoms with Gasteiger partial charge in [-0.2, -0.15) is 4.98 Å². The summed E-state index contributed by atoms with van der Waals surface area (Å²) in [5.74, 6) is 2.78. The molecule has 148 valence electrons. The van der Waals surface area contributed by atoms with Crippen LogP contribution in [0.2, 0.25) is 0 Å². The number of hydrogen-bond donors (Lipinski definition) is 1. The summed E-state index contributed by atoms with van der Waals surface area (Å²) in [4.78, 5) is 10.9. The number of hydrogen-bond acceptors (Lipinski definition) is 5. The van der Waals surface area contributed by atoms with Gasteiger partial charge < -0.3 is 19.5 Å². The Kier molecular flexibility index (Phi) is 8.99. The van der Waals surface area contributed by atoms with Crippen LogP contribution in [0, 0.1) is 12.8 Å². The third-order valence-electron chi connectivity index (χ3n) is 4.45. The molecule has 0 spiro atoms. The lowest BCUT2D eigenvalue weighted by molar-refractivity contribution is 0.0907. The molecule has 1 aliphatic rings. The van der Waals surface area contributed by atoms with Crippen molar-refractivity contribution < 1.29 is 9.26 Å². The standard InChI is InChI=1S/C19H27N5O2.HI/c1-15-22-18(26-23-15)8-10-21-19(20-2)24-11-9-17(12-24)14-25-13-16-6-4-3-5-7-16;/h3-7,17H,8-14H2,1-2H3,(H,20,21);1H. The van der Waals surface area contributed by atoms with Gasteiger partial charge in [-0.3, -0.25) is 4.99 Å². The van der Waals surface area contributed by atoms with Gasteiger partial charge in [-0.05, 0) is 18.9 Å². The zero-order valence-electron chi connectivity index (χ0n) is 15.9. The van der Waals surface area contributed by atoms with Crippen molar-refractivity contribution in [3.05, 3.63) is 47.6 Å². The van der Waals surface area contributed by atoms with Crippen LogP contribution in [0.5, 0.6) is 0 Å². The molecule has 1 unspecified atom stereocenters. The molecule has 2 aromatic rings. The average Bonchev–Trinajstić information content (AvgIpc) is 3.29. The fourth-order valence-corrected chi connectivity index (χ4v) is 3.13. The monoisotopic (exact) mass is 485 g/mol. The van der Waals surface area contributed by atoms with Crippen LogP contribution >= 0.6 is 24.0 Å². The van der Waals surface area contributed by atoms with Gasteiger partial charge in [-0.25, -0.2) is 0 Å². The minimum absolute atomic E-state index is 0. The Morgan fingerprint density at radius 2 is 2.19 bits per heavy atom. The molecule has 1 fully saturated rings. The van der Waals surface area contributed by atoms with Crippen LogP contribution in [-0.4, -0.2) is 54.3 Å². The number of rotatable bonds is 7. The van der Waals surface area contributed by atoms with E-state index in [9.17, 15) is 0 Å². The summed E-state index contributed by atoms with van der Waals surface area (Å²) in [6.07, 6.45) is 1.82. The zero-order valence-corrected chi connectivity index (χ0v) is 18.3. The Morgan fingerprint density at radius 1 is 1.37 bits per heavy atom. The first-order valence-corrected chi connectivity index (χ1v) is 9.11. The normalized spacial score (nSPS) is 17.0. The second-order valence-electron chi connectivity index (χ2n) is 6.56. The van der Waals surface area contributed by atoms with Crippen LogP contribution in [0.3, 0.4) is 0 Å². The van der Waals surface area contributed by atoms with Crippen molar-refractivity contribution in [2.75, 3.05) is 33.3 Å². The van der Waals surface area contributed by atoms with E-state index in [1.165, 1.54) is 5.56 Å². The Bertz CT molecular complexity index is 707. The summed E-state index contributed by atoms with van der Waals surface area (Å²) < 4.78 is 11.0. The topological polar surface area (TPSA) is 75.8 Å². The van der Waals surface area contributed by atoms with E-state index in [0.717, 1.165) is 38.6 Å². The third-order valence-corrected chi connectivity index (χ3v) is 4.45. The van der Waals surface area contributed by atoms with Crippen LogP contribution in [0.1, 0.15) is 23.7 Å². The molecule has 3 rings (SSSR count). The number of nitrogens with one attached hydrogen (secondary N) is 1. The van der Waals surface area contributed by atoms with Crippen molar-refractivity contribution in [2.45, 2.75) is 26.4 Å². The summed E-state index contributed by atoms with van der Waals surface area (Å²) in [6.45, 7) is 5.97. The summed E-state index contributed by atoms with van der Waals surface area (Å²) in [5.41, 5.74) is 1.22. The highest BCUT2D eigenvalue weighted by molar-refractivity contribution is 14.0. The molecule has 8 heteroatoms. The molecule has 0 aliphatic carbocycles. The molecule has 1 saturated heterocycles. The molecule has 1 aromatic carbocycles. The second-order valence-corrected chi connectivity index (χ2v) is 6.56. The lowest BCUT2D eigenvalue weighted by atomic mass is 10.1. The van der Waals surface area contributed by atoms with Crippen molar-refractivity contribution >= 4 is 29.9 Å². The first kappa shape index (κ1) is 21.6. The van der Waals surface area contributed by atoms with E-state index in [1.54, 1.807) is 0 Å². The number of benzene rings is 1. The van der Waals surface area contributed by atoms with E-state index in [1.807, 2.05) is 32.2 Å². The maximum absolute atomic E-state index is 5.89. The van der Waals surface area contributed by atoms with E-state index < -0.39 is 0 Å². The highest BCUT2D eigenvalue weighted by Gasteiger charge is 2.24. The number of aromatic nitrogens is 2. The zero-order chi connectivity index (χ0) is 18.2. The first-order chi connectivity index (χ1) is 12.7. The number of likely N-dealkylation sites (tertiary alicyclic amines) is 1. The van der Waals surface area contributed by atoms with Gasteiger partial charge in [0, 0.05) is 39.0 Å². The van der Waals surface area contributed by atoms with Crippen LogP contribution in [-0.2, 0) is 17.8 Å². The van der Waals surface area contributed by atoms with Crippen molar-refractivity contribution in [2.24, 2.45) is 10.9 Å². The number of aliphatic imine (C=N–C) groups is 1. The first-order valence-electron chi connectivity index (χ1n) is 9.11. The van der Waals surface area contributed by atoms with Crippen LogP contribution in [0.4, 0.5) is 0 Å². The van der Waals surface area contributed by atoms with Crippen LogP contribution in [0.25, 0.3) is 0 Å². The van der Waals surface area contributed by atoms with Crippen molar-refractivity contribution in [1.29, 1.82) is 0 Å². The fraction of sp³-hybridized carbons (Fsp3) is 0.526. The number of nitrogens with zero attached hydrogens (tertiary/aromatic N) is 4. The molecule has 0 radical (unpaired) electrons. The Labute approximate surface area is 177 Å². The van der Waals surface area contributed by atoms with Crippen molar-refractivity contribution in [1.82, 2.24) is 20.4 Å².